The molecule has 0 atom stereocenters. The Morgan fingerprint density at radius 2 is 1.90 bits per heavy atom. The van der Waals surface area contributed by atoms with Crippen LogP contribution in [0.1, 0.15) is 15.9 Å². The molecule has 0 aliphatic heterocycles. The highest BCUT2D eigenvalue weighted by molar-refractivity contribution is 7.98. The van der Waals surface area contributed by atoms with E-state index in [2.05, 4.69) is 0 Å². The Labute approximate surface area is 129 Å². The van der Waals surface area contributed by atoms with Gasteiger partial charge in [0.2, 0.25) is 0 Å². The lowest BCUT2D eigenvalue weighted by Crippen LogP contribution is -2.02. The van der Waals surface area contributed by atoms with Crippen molar-refractivity contribution >= 4 is 35.0 Å². The summed E-state index contributed by atoms with van der Waals surface area (Å²) in [7, 11) is 0. The van der Waals surface area contributed by atoms with Crippen molar-refractivity contribution in [3.8, 4) is 0 Å². The molecule has 0 saturated heterocycles. The number of rotatable bonds is 5. The van der Waals surface area contributed by atoms with Crippen molar-refractivity contribution in [1.29, 1.82) is 0 Å². The highest BCUT2D eigenvalue weighted by Gasteiger charge is 2.20. The molecule has 0 radical (unpaired) electrons. The third-order valence-corrected chi connectivity index (χ3v) is 4.03. The third-order valence-electron chi connectivity index (χ3n) is 2.72. The molecule has 0 aliphatic carbocycles. The van der Waals surface area contributed by atoms with Gasteiger partial charge in [-0.05, 0) is 29.8 Å². The first-order valence-corrected chi connectivity index (χ1v) is 7.22. The minimum absolute atomic E-state index is 0.309. The predicted octanol–water partition coefficient (Wildman–Crippen LogP) is 4.24. The van der Waals surface area contributed by atoms with Gasteiger partial charge in [-0.1, -0.05) is 23.7 Å². The normalized spacial score (nSPS) is 10.3. The Morgan fingerprint density at radius 3 is 2.48 bits per heavy atom. The third kappa shape index (κ3) is 3.96. The van der Waals surface area contributed by atoms with Crippen LogP contribution in [-0.4, -0.2) is 16.0 Å². The summed E-state index contributed by atoms with van der Waals surface area (Å²) >= 11 is 7.19. The van der Waals surface area contributed by atoms with Gasteiger partial charge in [-0.3, -0.25) is 10.1 Å². The molecule has 5 nitrogen and oxygen atoms in total. The van der Waals surface area contributed by atoms with Gasteiger partial charge in [0.15, 0.2) is 0 Å². The lowest BCUT2D eigenvalue weighted by molar-refractivity contribution is -0.385. The second-order valence-corrected chi connectivity index (χ2v) is 5.64. The fourth-order valence-electron chi connectivity index (χ4n) is 1.68. The SMILES string of the molecule is O=C(O)c1ccc(SCc2ccc(Cl)cc2)cc1[N+](=O)[O-]. The average Bonchev–Trinajstić information content (AvgIpc) is 2.46. The maximum Gasteiger partial charge on any atom is 0.342 e. The molecule has 0 unspecified atom stereocenters. The monoisotopic (exact) mass is 323 g/mol. The summed E-state index contributed by atoms with van der Waals surface area (Å²) in [4.78, 5) is 21.8. The standard InChI is InChI=1S/C14H10ClNO4S/c15-10-3-1-9(2-4-10)8-21-11-5-6-12(14(17)18)13(7-11)16(19)20/h1-7H,8H2,(H,17,18). The number of hydrogen-bond donors (Lipinski definition) is 1. The van der Waals surface area contributed by atoms with E-state index in [1.54, 1.807) is 18.2 Å². The summed E-state index contributed by atoms with van der Waals surface area (Å²) in [6.45, 7) is 0. The van der Waals surface area contributed by atoms with Crippen LogP contribution in [0.25, 0.3) is 0 Å². The van der Waals surface area contributed by atoms with Crippen molar-refractivity contribution in [2.75, 3.05) is 0 Å². The van der Waals surface area contributed by atoms with Crippen molar-refractivity contribution < 1.29 is 14.8 Å². The van der Waals surface area contributed by atoms with Crippen molar-refractivity contribution in [3.05, 3.63) is 68.7 Å². The molecular weight excluding hydrogens is 314 g/mol. The summed E-state index contributed by atoms with van der Waals surface area (Å²) < 4.78 is 0. The maximum atomic E-state index is 10.9. The second-order valence-electron chi connectivity index (χ2n) is 4.16. The van der Waals surface area contributed by atoms with Gasteiger partial charge >= 0.3 is 5.97 Å². The van der Waals surface area contributed by atoms with E-state index in [0.717, 1.165) is 5.56 Å². The maximum absolute atomic E-state index is 10.9. The molecule has 0 bridgehead atoms. The van der Waals surface area contributed by atoms with Gasteiger partial charge < -0.3 is 5.11 Å². The zero-order valence-electron chi connectivity index (χ0n) is 10.7. The van der Waals surface area contributed by atoms with Crippen LogP contribution in [0.5, 0.6) is 0 Å². The highest BCUT2D eigenvalue weighted by Crippen LogP contribution is 2.29. The van der Waals surface area contributed by atoms with Gasteiger partial charge in [-0.15, -0.1) is 11.8 Å². The van der Waals surface area contributed by atoms with Gasteiger partial charge in [0.25, 0.3) is 5.69 Å². The molecular formula is C14H10ClNO4S. The van der Waals surface area contributed by atoms with Crippen LogP contribution in [0.4, 0.5) is 5.69 Å². The summed E-state index contributed by atoms with van der Waals surface area (Å²) in [5, 5.41) is 20.5. The van der Waals surface area contributed by atoms with Gasteiger partial charge in [-0.25, -0.2) is 4.79 Å². The number of thioether (sulfide) groups is 1. The van der Waals surface area contributed by atoms with E-state index >= 15 is 0 Å². The van der Waals surface area contributed by atoms with Crippen molar-refractivity contribution in [3.63, 3.8) is 0 Å². The molecule has 0 fully saturated rings. The van der Waals surface area contributed by atoms with Crippen LogP contribution < -0.4 is 0 Å². The largest absolute Gasteiger partial charge is 0.477 e. The van der Waals surface area contributed by atoms with Gasteiger partial charge in [0, 0.05) is 21.7 Å². The number of nitrogens with zero attached hydrogens (tertiary/aromatic N) is 1. The Morgan fingerprint density at radius 1 is 1.24 bits per heavy atom. The summed E-state index contributed by atoms with van der Waals surface area (Å²) in [5.41, 5.74) is 0.314. The first-order valence-electron chi connectivity index (χ1n) is 5.86. The van der Waals surface area contributed by atoms with Crippen LogP contribution >= 0.6 is 23.4 Å². The molecule has 0 amide bonds. The minimum atomic E-state index is -1.31. The predicted molar refractivity (Wildman–Crippen MR) is 81.1 cm³/mol. The zero-order valence-corrected chi connectivity index (χ0v) is 12.2. The van der Waals surface area contributed by atoms with E-state index in [1.165, 1.54) is 23.9 Å². The first kappa shape index (κ1) is 15.3. The number of benzene rings is 2. The smallest absolute Gasteiger partial charge is 0.342 e. The minimum Gasteiger partial charge on any atom is -0.477 e. The molecule has 1 N–H and O–H groups in total. The molecule has 21 heavy (non-hydrogen) atoms. The number of aromatic carboxylic acids is 1. The molecule has 0 spiro atoms. The number of nitro groups is 1. The molecule has 0 saturated carbocycles. The Balaban J connectivity index is 2.17. The van der Waals surface area contributed by atoms with Gasteiger partial charge in [0.05, 0.1) is 4.92 Å². The molecule has 7 heteroatoms. The van der Waals surface area contributed by atoms with Crippen molar-refractivity contribution in [1.82, 2.24) is 0 Å². The topological polar surface area (TPSA) is 80.4 Å². The molecule has 2 aromatic carbocycles. The highest BCUT2D eigenvalue weighted by atomic mass is 35.5. The zero-order chi connectivity index (χ0) is 15.4. The average molecular weight is 324 g/mol. The van der Waals surface area contributed by atoms with Crippen LogP contribution in [0.2, 0.25) is 5.02 Å². The Kier molecular flexibility index (Phi) is 4.82. The van der Waals surface area contributed by atoms with Crippen molar-refractivity contribution in [2.45, 2.75) is 10.6 Å². The number of carbonyl (C=O) groups is 1. The summed E-state index contributed by atoms with van der Waals surface area (Å²) in [5.74, 6) is -0.697. The van der Waals surface area contributed by atoms with E-state index < -0.39 is 16.6 Å². The summed E-state index contributed by atoms with van der Waals surface area (Å²) in [6, 6.07) is 11.4. The first-order chi connectivity index (χ1) is 9.97. The Hall–Kier alpha value is -2.05. The lowest BCUT2D eigenvalue weighted by Gasteiger charge is -2.04. The molecule has 2 rings (SSSR count). The Bertz CT molecular complexity index is 688. The van der Waals surface area contributed by atoms with E-state index in [9.17, 15) is 14.9 Å². The van der Waals surface area contributed by atoms with E-state index in [4.69, 9.17) is 16.7 Å². The van der Waals surface area contributed by atoms with Crippen LogP contribution in [0.15, 0.2) is 47.4 Å². The lowest BCUT2D eigenvalue weighted by atomic mass is 10.2. The van der Waals surface area contributed by atoms with Crippen LogP contribution in [-0.2, 0) is 5.75 Å². The molecule has 0 aromatic heterocycles. The summed E-state index contributed by atoms with van der Waals surface area (Å²) in [6.07, 6.45) is 0. The fourth-order valence-corrected chi connectivity index (χ4v) is 2.69. The number of nitro benzene ring substituents is 1. The molecule has 2 aromatic rings. The second kappa shape index (κ2) is 6.60. The molecule has 108 valence electrons. The number of hydrogen-bond acceptors (Lipinski definition) is 4. The van der Waals surface area contributed by atoms with Gasteiger partial charge in [-0.2, -0.15) is 0 Å². The fraction of sp³-hybridized carbons (Fsp3) is 0.0714. The molecule has 0 aliphatic rings. The van der Waals surface area contributed by atoms with E-state index in [0.29, 0.717) is 15.7 Å². The van der Waals surface area contributed by atoms with Gasteiger partial charge in [0.1, 0.15) is 5.56 Å². The van der Waals surface area contributed by atoms with Crippen LogP contribution in [0.3, 0.4) is 0 Å². The van der Waals surface area contributed by atoms with E-state index in [1.807, 2.05) is 12.1 Å². The number of halogens is 1. The molecule has 0 heterocycles. The quantitative estimate of drug-likeness (QED) is 0.505. The number of carboxylic acids is 1. The van der Waals surface area contributed by atoms with Crippen molar-refractivity contribution in [2.24, 2.45) is 0 Å². The van der Waals surface area contributed by atoms with Crippen LogP contribution in [0, 0.1) is 10.1 Å². The number of carboxylic acid groups (broad SMARTS) is 1. The van der Waals surface area contributed by atoms with E-state index in [-0.39, 0.29) is 5.56 Å².